The average molecular weight is 348 g/mol. The molecule has 0 spiro atoms. The number of nitrogens with zero attached hydrogens (tertiary/aromatic N) is 2. The number of hydrogen-bond donors (Lipinski definition) is 1. The second kappa shape index (κ2) is 6.83. The molecule has 0 aliphatic heterocycles. The molecular weight excluding hydrogens is 338 g/mol. The van der Waals surface area contributed by atoms with Crippen LogP contribution in [0.25, 0.3) is 16.5 Å². The van der Waals surface area contributed by atoms with Gasteiger partial charge in [0.05, 0.1) is 0 Å². The number of rotatable bonds is 4. The molecule has 3 rings (SSSR count). The van der Waals surface area contributed by atoms with Crippen molar-refractivity contribution in [1.82, 2.24) is 10.2 Å². The largest absolute Gasteiger partial charge is 0.297 e. The van der Waals surface area contributed by atoms with Crippen LogP contribution in [0.15, 0.2) is 48.0 Å². The molecule has 0 unspecified atom stereocenters. The number of benzene rings is 1. The fraction of sp³-hybridized carbons (Fsp3) is 0. The van der Waals surface area contributed by atoms with Gasteiger partial charge in [0, 0.05) is 26.4 Å². The third kappa shape index (κ3) is 3.59. The van der Waals surface area contributed by atoms with Gasteiger partial charge in [-0.15, -0.1) is 21.5 Å². The van der Waals surface area contributed by atoms with Crippen molar-refractivity contribution in [3.05, 3.63) is 57.9 Å². The first kappa shape index (κ1) is 14.9. The van der Waals surface area contributed by atoms with Crippen LogP contribution in [0.3, 0.4) is 0 Å². The Bertz CT molecular complexity index is 812. The van der Waals surface area contributed by atoms with Crippen LogP contribution < -0.4 is 5.32 Å². The Kier molecular flexibility index (Phi) is 4.62. The van der Waals surface area contributed by atoms with E-state index in [2.05, 4.69) is 15.5 Å². The molecule has 0 fully saturated rings. The highest BCUT2D eigenvalue weighted by Crippen LogP contribution is 2.33. The van der Waals surface area contributed by atoms with Crippen molar-refractivity contribution < 1.29 is 4.79 Å². The third-order valence-corrected chi connectivity index (χ3v) is 4.78. The normalized spacial score (nSPS) is 11.0. The molecule has 0 aliphatic carbocycles. The van der Waals surface area contributed by atoms with E-state index in [1.165, 1.54) is 17.4 Å². The maximum atomic E-state index is 11.7. The van der Waals surface area contributed by atoms with Crippen LogP contribution in [0, 0.1) is 0 Å². The van der Waals surface area contributed by atoms with Gasteiger partial charge in [0.2, 0.25) is 11.0 Å². The molecule has 110 valence electrons. The van der Waals surface area contributed by atoms with E-state index in [1.807, 2.05) is 36.4 Å². The number of nitrogens with one attached hydrogen (secondary N) is 1. The summed E-state index contributed by atoms with van der Waals surface area (Å²) in [4.78, 5) is 13.8. The van der Waals surface area contributed by atoms with Crippen LogP contribution >= 0.6 is 34.3 Å². The van der Waals surface area contributed by atoms with Crippen molar-refractivity contribution in [2.45, 2.75) is 0 Å². The Labute approximate surface area is 140 Å². The lowest BCUT2D eigenvalue weighted by Gasteiger charge is -1.99. The number of halogens is 1. The summed E-state index contributed by atoms with van der Waals surface area (Å²) in [6, 6.07) is 11.6. The molecule has 0 bridgehead atoms. The van der Waals surface area contributed by atoms with Crippen LogP contribution in [0.1, 0.15) is 4.88 Å². The van der Waals surface area contributed by atoms with E-state index < -0.39 is 0 Å². The molecule has 0 radical (unpaired) electrons. The molecule has 1 N–H and O–H groups in total. The molecule has 0 aliphatic rings. The summed E-state index contributed by atoms with van der Waals surface area (Å²) in [5.41, 5.74) is 2.56. The lowest BCUT2D eigenvalue weighted by Crippen LogP contribution is -2.07. The fourth-order valence-corrected chi connectivity index (χ4v) is 3.47. The standard InChI is InChI=1S/C15H10ClN3OS2/c16-12-4-2-1-3-11(12)13-7-5-10(22-13)6-8-14(20)18-15-19-17-9-21-15/h1-9H,(H,18,19,20). The van der Waals surface area contributed by atoms with Gasteiger partial charge in [0.25, 0.3) is 0 Å². The molecule has 1 aromatic carbocycles. The lowest BCUT2D eigenvalue weighted by molar-refractivity contribution is -0.111. The number of amides is 1. The number of anilines is 1. The Morgan fingerprint density at radius 3 is 2.86 bits per heavy atom. The number of thiophene rings is 1. The highest BCUT2D eigenvalue weighted by atomic mass is 35.5. The third-order valence-electron chi connectivity index (χ3n) is 2.76. The van der Waals surface area contributed by atoms with Gasteiger partial charge in [-0.3, -0.25) is 10.1 Å². The van der Waals surface area contributed by atoms with E-state index in [1.54, 1.807) is 22.9 Å². The van der Waals surface area contributed by atoms with Crippen molar-refractivity contribution in [3.8, 4) is 10.4 Å². The first-order valence-corrected chi connectivity index (χ1v) is 8.40. The van der Waals surface area contributed by atoms with Crippen LogP contribution in [0.2, 0.25) is 5.02 Å². The van der Waals surface area contributed by atoms with Gasteiger partial charge >= 0.3 is 0 Å². The Morgan fingerprint density at radius 2 is 2.09 bits per heavy atom. The maximum Gasteiger partial charge on any atom is 0.250 e. The van der Waals surface area contributed by atoms with E-state index in [0.29, 0.717) is 10.2 Å². The number of hydrogen-bond acceptors (Lipinski definition) is 5. The minimum absolute atomic E-state index is 0.232. The molecule has 1 amide bonds. The molecule has 0 atom stereocenters. The first-order valence-electron chi connectivity index (χ1n) is 6.32. The van der Waals surface area contributed by atoms with Crippen molar-refractivity contribution in [2.24, 2.45) is 0 Å². The average Bonchev–Trinajstić information content (AvgIpc) is 3.17. The zero-order valence-corrected chi connectivity index (χ0v) is 13.6. The Morgan fingerprint density at radius 1 is 1.23 bits per heavy atom. The number of carbonyl (C=O) groups excluding carboxylic acids is 1. The monoisotopic (exact) mass is 347 g/mol. The highest BCUT2D eigenvalue weighted by molar-refractivity contribution is 7.16. The Hall–Kier alpha value is -2.02. The highest BCUT2D eigenvalue weighted by Gasteiger charge is 2.05. The van der Waals surface area contributed by atoms with Crippen LogP contribution in [-0.4, -0.2) is 16.1 Å². The van der Waals surface area contributed by atoms with Gasteiger partial charge in [-0.25, -0.2) is 0 Å². The van der Waals surface area contributed by atoms with Gasteiger partial charge in [0.1, 0.15) is 5.51 Å². The quantitative estimate of drug-likeness (QED) is 0.703. The molecule has 2 heterocycles. The van der Waals surface area contributed by atoms with Crippen LogP contribution in [0.4, 0.5) is 5.13 Å². The maximum absolute atomic E-state index is 11.7. The summed E-state index contributed by atoms with van der Waals surface area (Å²) in [6.45, 7) is 0. The minimum atomic E-state index is -0.232. The number of aromatic nitrogens is 2. The minimum Gasteiger partial charge on any atom is -0.297 e. The van der Waals surface area contributed by atoms with Gasteiger partial charge in [-0.1, -0.05) is 41.1 Å². The molecule has 3 aromatic rings. The summed E-state index contributed by atoms with van der Waals surface area (Å²) in [6.07, 6.45) is 3.24. The van der Waals surface area contributed by atoms with E-state index in [0.717, 1.165) is 15.3 Å². The van der Waals surface area contributed by atoms with E-state index in [9.17, 15) is 4.79 Å². The SMILES string of the molecule is O=C(C=Cc1ccc(-c2ccccc2Cl)s1)Nc1nncs1. The molecule has 0 saturated carbocycles. The summed E-state index contributed by atoms with van der Waals surface area (Å²) in [7, 11) is 0. The van der Waals surface area contributed by atoms with Crippen molar-refractivity contribution >= 4 is 51.4 Å². The molecular formula is C15H10ClN3OS2. The van der Waals surface area contributed by atoms with Gasteiger partial charge in [-0.05, 0) is 24.3 Å². The zero-order valence-electron chi connectivity index (χ0n) is 11.2. The fourth-order valence-electron chi connectivity index (χ4n) is 1.78. The number of carbonyl (C=O) groups is 1. The van der Waals surface area contributed by atoms with Crippen molar-refractivity contribution in [2.75, 3.05) is 5.32 Å². The zero-order chi connectivity index (χ0) is 15.4. The van der Waals surface area contributed by atoms with E-state index in [4.69, 9.17) is 11.6 Å². The lowest BCUT2D eigenvalue weighted by atomic mass is 10.2. The summed E-state index contributed by atoms with van der Waals surface area (Å²) < 4.78 is 0. The predicted molar refractivity (Wildman–Crippen MR) is 92.3 cm³/mol. The van der Waals surface area contributed by atoms with Gasteiger partial charge in [0.15, 0.2) is 0 Å². The topological polar surface area (TPSA) is 54.9 Å². The molecule has 7 heteroatoms. The summed E-state index contributed by atoms with van der Waals surface area (Å²) >= 11 is 9.04. The first-order chi connectivity index (χ1) is 10.7. The molecule has 22 heavy (non-hydrogen) atoms. The van der Waals surface area contributed by atoms with E-state index >= 15 is 0 Å². The van der Waals surface area contributed by atoms with Crippen molar-refractivity contribution in [3.63, 3.8) is 0 Å². The second-order valence-corrected chi connectivity index (χ2v) is 6.60. The summed E-state index contributed by atoms with van der Waals surface area (Å²) in [5, 5.41) is 11.3. The molecule has 4 nitrogen and oxygen atoms in total. The van der Waals surface area contributed by atoms with Crippen molar-refractivity contribution in [1.29, 1.82) is 0 Å². The van der Waals surface area contributed by atoms with Crippen LogP contribution in [0.5, 0.6) is 0 Å². The smallest absolute Gasteiger partial charge is 0.250 e. The summed E-state index contributed by atoms with van der Waals surface area (Å²) in [5.74, 6) is -0.232. The van der Waals surface area contributed by atoms with Crippen LogP contribution in [-0.2, 0) is 4.79 Å². The van der Waals surface area contributed by atoms with Gasteiger partial charge < -0.3 is 0 Å². The van der Waals surface area contributed by atoms with Gasteiger partial charge in [-0.2, -0.15) is 0 Å². The molecule has 2 aromatic heterocycles. The van der Waals surface area contributed by atoms with E-state index in [-0.39, 0.29) is 5.91 Å². The second-order valence-electron chi connectivity index (χ2n) is 4.25. The predicted octanol–water partition coefficient (Wildman–Crippen LogP) is 4.57. The molecule has 0 saturated heterocycles. The Balaban J connectivity index is 1.70.